The number of carboxylic acids is 1. The molecule has 0 saturated heterocycles. The van der Waals surface area contributed by atoms with Gasteiger partial charge in [0.05, 0.1) is 20.3 Å². The number of allylic oxidation sites excluding steroid dienone is 1. The second-order valence-corrected chi connectivity index (χ2v) is 8.42. The van der Waals surface area contributed by atoms with Crippen molar-refractivity contribution in [3.63, 3.8) is 0 Å². The van der Waals surface area contributed by atoms with Gasteiger partial charge < -0.3 is 24.2 Å². The summed E-state index contributed by atoms with van der Waals surface area (Å²) in [5, 5.41) is 9.09. The van der Waals surface area contributed by atoms with Crippen LogP contribution < -0.4 is 14.2 Å². The molecule has 1 amide bonds. The normalized spacial score (nSPS) is 10.8. The molecular formula is C28H37NO6. The maximum Gasteiger partial charge on any atom is 0.303 e. The number of amides is 1. The molecule has 7 nitrogen and oxygen atoms in total. The van der Waals surface area contributed by atoms with Gasteiger partial charge >= 0.3 is 5.97 Å². The van der Waals surface area contributed by atoms with Crippen LogP contribution in [0.5, 0.6) is 17.2 Å². The van der Waals surface area contributed by atoms with E-state index < -0.39 is 5.97 Å². The Balaban J connectivity index is 1.79. The van der Waals surface area contributed by atoms with Gasteiger partial charge in [-0.3, -0.25) is 9.59 Å². The fourth-order valence-electron chi connectivity index (χ4n) is 3.34. The molecule has 0 fully saturated rings. The number of rotatable bonds is 16. The molecule has 0 aliphatic heterocycles. The summed E-state index contributed by atoms with van der Waals surface area (Å²) in [6.45, 7) is 0.978. The molecule has 0 spiro atoms. The zero-order valence-electron chi connectivity index (χ0n) is 21.0. The Kier molecular flexibility index (Phi) is 12.2. The van der Waals surface area contributed by atoms with E-state index >= 15 is 0 Å². The third kappa shape index (κ3) is 11.0. The maximum atomic E-state index is 11.7. The van der Waals surface area contributed by atoms with Gasteiger partial charge in [-0.15, -0.1) is 0 Å². The quantitative estimate of drug-likeness (QED) is 0.330. The number of unbranched alkanes of at least 4 members (excludes halogenated alkanes) is 2. The van der Waals surface area contributed by atoms with Crippen LogP contribution in [0.15, 0.2) is 48.5 Å². The maximum absolute atomic E-state index is 11.7. The van der Waals surface area contributed by atoms with Gasteiger partial charge in [0.1, 0.15) is 17.2 Å². The predicted octanol–water partition coefficient (Wildman–Crippen LogP) is 5.22. The predicted molar refractivity (Wildman–Crippen MR) is 137 cm³/mol. The monoisotopic (exact) mass is 483 g/mol. The van der Waals surface area contributed by atoms with Crippen molar-refractivity contribution in [3.8, 4) is 17.2 Å². The van der Waals surface area contributed by atoms with Crippen LogP contribution in [0.3, 0.4) is 0 Å². The van der Waals surface area contributed by atoms with Gasteiger partial charge in [-0.05, 0) is 73.6 Å². The SMILES string of the molecule is COc1ccc(/C=C/CCCCOc2ccc(OCCCC(=O)N(C)C)cc2CCC(=O)O)cc1. The highest BCUT2D eigenvalue weighted by Gasteiger charge is 2.10. The first kappa shape index (κ1) is 27.8. The van der Waals surface area contributed by atoms with Gasteiger partial charge in [-0.2, -0.15) is 0 Å². The van der Waals surface area contributed by atoms with Crippen LogP contribution in [0, 0.1) is 0 Å². The Bertz CT molecular complexity index is 952. The Morgan fingerprint density at radius 1 is 0.914 bits per heavy atom. The van der Waals surface area contributed by atoms with Crippen molar-refractivity contribution >= 4 is 18.0 Å². The minimum atomic E-state index is -0.854. The molecule has 0 aromatic heterocycles. The van der Waals surface area contributed by atoms with E-state index in [1.54, 1.807) is 26.1 Å². The van der Waals surface area contributed by atoms with Crippen LogP contribution in [-0.4, -0.2) is 56.3 Å². The van der Waals surface area contributed by atoms with Crippen molar-refractivity contribution in [1.29, 1.82) is 0 Å². The van der Waals surface area contributed by atoms with Crippen molar-refractivity contribution in [2.45, 2.75) is 44.9 Å². The second kappa shape index (κ2) is 15.4. The molecule has 0 heterocycles. The summed E-state index contributed by atoms with van der Waals surface area (Å²) in [6.07, 6.45) is 8.51. The molecule has 7 heteroatoms. The number of benzene rings is 2. The van der Waals surface area contributed by atoms with E-state index in [9.17, 15) is 9.59 Å². The smallest absolute Gasteiger partial charge is 0.303 e. The highest BCUT2D eigenvalue weighted by molar-refractivity contribution is 5.75. The van der Waals surface area contributed by atoms with Crippen molar-refractivity contribution in [3.05, 3.63) is 59.7 Å². The number of carboxylic acid groups (broad SMARTS) is 1. The van der Waals surface area contributed by atoms with Gasteiger partial charge in [-0.1, -0.05) is 24.3 Å². The molecule has 0 saturated carbocycles. The summed E-state index contributed by atoms with van der Waals surface area (Å²) >= 11 is 0. The largest absolute Gasteiger partial charge is 0.497 e. The zero-order chi connectivity index (χ0) is 25.5. The fraction of sp³-hybridized carbons (Fsp3) is 0.429. The molecule has 190 valence electrons. The van der Waals surface area contributed by atoms with E-state index in [2.05, 4.69) is 12.2 Å². The molecule has 35 heavy (non-hydrogen) atoms. The Labute approximate surface area is 208 Å². The molecule has 0 unspecified atom stereocenters. The average Bonchev–Trinajstić information content (AvgIpc) is 2.85. The fourth-order valence-corrected chi connectivity index (χ4v) is 3.34. The summed E-state index contributed by atoms with van der Waals surface area (Å²) in [5.41, 5.74) is 1.95. The summed E-state index contributed by atoms with van der Waals surface area (Å²) in [7, 11) is 5.12. The molecule has 2 aromatic carbocycles. The first-order chi connectivity index (χ1) is 16.9. The first-order valence-corrected chi connectivity index (χ1v) is 12.0. The number of carbonyl (C=O) groups is 2. The van der Waals surface area contributed by atoms with Crippen molar-refractivity contribution in [2.75, 3.05) is 34.4 Å². The van der Waals surface area contributed by atoms with Gasteiger partial charge in [0.25, 0.3) is 0 Å². The minimum absolute atomic E-state index is 0.0211. The number of hydrogen-bond acceptors (Lipinski definition) is 5. The molecule has 2 aromatic rings. The minimum Gasteiger partial charge on any atom is -0.497 e. The third-order valence-electron chi connectivity index (χ3n) is 5.39. The molecule has 0 aliphatic carbocycles. The first-order valence-electron chi connectivity index (χ1n) is 12.0. The molecule has 2 rings (SSSR count). The molecular weight excluding hydrogens is 446 g/mol. The average molecular weight is 484 g/mol. The zero-order valence-corrected chi connectivity index (χ0v) is 21.0. The van der Waals surface area contributed by atoms with Crippen molar-refractivity contribution < 1.29 is 28.9 Å². The van der Waals surface area contributed by atoms with E-state index in [4.69, 9.17) is 19.3 Å². The van der Waals surface area contributed by atoms with Crippen molar-refractivity contribution in [1.82, 2.24) is 4.90 Å². The summed E-state index contributed by atoms with van der Waals surface area (Å²) in [4.78, 5) is 24.3. The number of aliphatic carboxylic acids is 1. The number of aryl methyl sites for hydroxylation is 1. The Morgan fingerprint density at radius 3 is 2.31 bits per heavy atom. The van der Waals surface area contributed by atoms with Crippen molar-refractivity contribution in [2.24, 2.45) is 0 Å². The molecule has 0 bridgehead atoms. The van der Waals surface area contributed by atoms with Gasteiger partial charge in [0.15, 0.2) is 0 Å². The standard InChI is InChI=1S/C28H37NO6/c1-29(2)27(30)10-8-20-34-25-16-17-26(23(21-25)13-18-28(31)32)35-19-7-5-4-6-9-22-11-14-24(33-3)15-12-22/h6,9,11-12,14-17,21H,4-5,7-8,10,13,18-20H2,1-3H3,(H,31,32)/b9-6+. The second-order valence-electron chi connectivity index (χ2n) is 8.42. The molecule has 0 atom stereocenters. The van der Waals surface area contributed by atoms with E-state index in [0.717, 1.165) is 36.1 Å². The topological polar surface area (TPSA) is 85.3 Å². The lowest BCUT2D eigenvalue weighted by molar-refractivity contribution is -0.137. The van der Waals surface area contributed by atoms with E-state index in [1.165, 1.54) is 0 Å². The number of hydrogen-bond donors (Lipinski definition) is 1. The van der Waals surface area contributed by atoms with Gasteiger partial charge in [0.2, 0.25) is 5.91 Å². The van der Waals surface area contributed by atoms with Gasteiger partial charge in [-0.25, -0.2) is 0 Å². The lowest BCUT2D eigenvalue weighted by atomic mass is 10.1. The third-order valence-corrected chi connectivity index (χ3v) is 5.39. The van der Waals surface area contributed by atoms with Crippen LogP contribution in [-0.2, 0) is 16.0 Å². The van der Waals surface area contributed by atoms with E-state index in [1.807, 2.05) is 42.5 Å². The van der Waals surface area contributed by atoms with Crippen LogP contribution >= 0.6 is 0 Å². The molecule has 0 radical (unpaired) electrons. The highest BCUT2D eigenvalue weighted by atomic mass is 16.5. The van der Waals surface area contributed by atoms with Gasteiger partial charge in [0, 0.05) is 26.9 Å². The number of carbonyl (C=O) groups excluding carboxylic acids is 1. The van der Waals surface area contributed by atoms with Crippen LogP contribution in [0.1, 0.15) is 49.7 Å². The summed E-state index contributed by atoms with van der Waals surface area (Å²) in [5.74, 6) is 1.40. The number of ether oxygens (including phenoxy) is 3. The van der Waals surface area contributed by atoms with Crippen LogP contribution in [0.4, 0.5) is 0 Å². The molecule has 0 aliphatic rings. The lowest BCUT2D eigenvalue weighted by Crippen LogP contribution is -2.21. The van der Waals surface area contributed by atoms with E-state index in [-0.39, 0.29) is 12.3 Å². The summed E-state index contributed by atoms with van der Waals surface area (Å²) < 4.78 is 16.9. The highest BCUT2D eigenvalue weighted by Crippen LogP contribution is 2.26. The number of methoxy groups -OCH3 is 1. The Morgan fingerprint density at radius 2 is 1.63 bits per heavy atom. The van der Waals surface area contributed by atoms with Crippen LogP contribution in [0.2, 0.25) is 0 Å². The van der Waals surface area contributed by atoms with E-state index in [0.29, 0.717) is 44.0 Å². The Hall–Kier alpha value is -3.48. The number of nitrogens with zero attached hydrogens (tertiary/aromatic N) is 1. The van der Waals surface area contributed by atoms with Crippen LogP contribution in [0.25, 0.3) is 6.08 Å². The lowest BCUT2D eigenvalue weighted by Gasteiger charge is -2.14. The summed E-state index contributed by atoms with van der Waals surface area (Å²) in [6, 6.07) is 13.4. The molecule has 1 N–H and O–H groups in total.